The molecule has 1 aliphatic carbocycles. The molecule has 0 atom stereocenters. The number of hydrogen-bond acceptors (Lipinski definition) is 2. The number of benzene rings is 1. The Bertz CT molecular complexity index is 498. The summed E-state index contributed by atoms with van der Waals surface area (Å²) in [4.78, 5) is 2.49. The second-order valence-corrected chi connectivity index (χ2v) is 6.55. The number of nitriles is 1. The van der Waals surface area contributed by atoms with E-state index in [2.05, 4.69) is 18.7 Å². The summed E-state index contributed by atoms with van der Waals surface area (Å²) in [5.41, 5.74) is 1.34. The number of hydrogen-bond donors (Lipinski definition) is 0. The van der Waals surface area contributed by atoms with Gasteiger partial charge in [0.1, 0.15) is 5.82 Å². The summed E-state index contributed by atoms with van der Waals surface area (Å²) in [6, 6.07) is 7.36. The molecule has 114 valence electrons. The zero-order valence-electron chi connectivity index (χ0n) is 13.1. The van der Waals surface area contributed by atoms with Gasteiger partial charge in [-0.2, -0.15) is 5.26 Å². The normalized spacial score (nSPS) is 15.8. The minimum Gasteiger partial charge on any atom is -0.296 e. The number of nitrogens with zero attached hydrogens (tertiary/aromatic N) is 2. The molecule has 21 heavy (non-hydrogen) atoms. The molecule has 2 rings (SSSR count). The van der Waals surface area contributed by atoms with Gasteiger partial charge in [-0.05, 0) is 55.5 Å². The molecule has 1 fully saturated rings. The van der Waals surface area contributed by atoms with Crippen molar-refractivity contribution >= 4 is 0 Å². The predicted octanol–water partition coefficient (Wildman–Crippen LogP) is 4.49. The van der Waals surface area contributed by atoms with Gasteiger partial charge in [-0.3, -0.25) is 4.90 Å². The Labute approximate surface area is 127 Å². The summed E-state index contributed by atoms with van der Waals surface area (Å²) in [5, 5.41) is 8.98. The molecule has 0 aliphatic heterocycles. The van der Waals surface area contributed by atoms with Crippen LogP contribution in [0.25, 0.3) is 0 Å². The van der Waals surface area contributed by atoms with E-state index in [4.69, 9.17) is 5.26 Å². The van der Waals surface area contributed by atoms with Gasteiger partial charge in [-0.1, -0.05) is 26.7 Å². The second kappa shape index (κ2) is 7.56. The molecule has 0 bridgehead atoms. The largest absolute Gasteiger partial charge is 0.296 e. The van der Waals surface area contributed by atoms with Gasteiger partial charge in [0.15, 0.2) is 0 Å². The van der Waals surface area contributed by atoms with E-state index in [1.165, 1.54) is 31.7 Å². The van der Waals surface area contributed by atoms with Gasteiger partial charge in [-0.15, -0.1) is 0 Å². The van der Waals surface area contributed by atoms with Crippen molar-refractivity contribution in [3.8, 4) is 6.07 Å². The van der Waals surface area contributed by atoms with Crippen LogP contribution in [0, 0.1) is 23.1 Å². The first-order valence-electron chi connectivity index (χ1n) is 8.02. The van der Waals surface area contributed by atoms with E-state index in [1.807, 2.05) is 12.1 Å². The maximum absolute atomic E-state index is 13.6. The van der Waals surface area contributed by atoms with E-state index in [1.54, 1.807) is 6.07 Å². The Morgan fingerprint density at radius 2 is 2.00 bits per heavy atom. The van der Waals surface area contributed by atoms with E-state index in [-0.39, 0.29) is 5.82 Å². The molecule has 2 nitrogen and oxygen atoms in total. The Hall–Kier alpha value is -1.40. The van der Waals surface area contributed by atoms with Crippen LogP contribution in [0.2, 0.25) is 0 Å². The minimum absolute atomic E-state index is 0.306. The minimum atomic E-state index is -0.306. The van der Waals surface area contributed by atoms with Crippen LogP contribution in [-0.2, 0) is 6.54 Å². The van der Waals surface area contributed by atoms with Crippen molar-refractivity contribution in [2.24, 2.45) is 5.92 Å². The van der Waals surface area contributed by atoms with Gasteiger partial charge in [-0.25, -0.2) is 4.39 Å². The molecular formula is C18H25FN2. The number of rotatable bonds is 6. The number of halogens is 1. The summed E-state index contributed by atoms with van der Waals surface area (Å²) in [7, 11) is 0. The summed E-state index contributed by atoms with van der Waals surface area (Å²) >= 11 is 0. The fourth-order valence-corrected chi connectivity index (χ4v) is 3.12. The van der Waals surface area contributed by atoms with E-state index < -0.39 is 0 Å². The molecule has 0 aromatic heterocycles. The highest BCUT2D eigenvalue weighted by atomic mass is 19.1. The summed E-state index contributed by atoms with van der Waals surface area (Å²) < 4.78 is 13.6. The van der Waals surface area contributed by atoms with Crippen LogP contribution in [0.15, 0.2) is 18.2 Å². The van der Waals surface area contributed by atoms with Crippen molar-refractivity contribution in [3.63, 3.8) is 0 Å². The van der Waals surface area contributed by atoms with Crippen molar-refractivity contribution in [2.45, 2.75) is 58.5 Å². The lowest BCUT2D eigenvalue weighted by molar-refractivity contribution is 0.179. The van der Waals surface area contributed by atoms with Gasteiger partial charge in [0.2, 0.25) is 0 Å². The van der Waals surface area contributed by atoms with Crippen LogP contribution < -0.4 is 0 Å². The highest BCUT2D eigenvalue weighted by molar-refractivity contribution is 5.33. The molecule has 0 spiro atoms. The van der Waals surface area contributed by atoms with Crippen LogP contribution in [0.4, 0.5) is 4.39 Å². The standard InChI is InChI=1S/C18H25FN2/c1-14(2)7-8-21(18-5-3-4-6-18)13-16-9-15(12-20)10-17(19)11-16/h9-11,14,18H,3-8,13H2,1-2H3. The smallest absolute Gasteiger partial charge is 0.124 e. The van der Waals surface area contributed by atoms with Gasteiger partial charge in [0.25, 0.3) is 0 Å². The molecule has 1 aliphatic rings. The van der Waals surface area contributed by atoms with E-state index in [0.29, 0.717) is 17.5 Å². The van der Waals surface area contributed by atoms with Crippen molar-refractivity contribution in [2.75, 3.05) is 6.54 Å². The average molecular weight is 288 g/mol. The topological polar surface area (TPSA) is 27.0 Å². The maximum Gasteiger partial charge on any atom is 0.124 e. The Morgan fingerprint density at radius 1 is 1.29 bits per heavy atom. The first kappa shape index (κ1) is 16.0. The monoisotopic (exact) mass is 288 g/mol. The van der Waals surface area contributed by atoms with Gasteiger partial charge >= 0.3 is 0 Å². The molecule has 0 heterocycles. The molecule has 1 aromatic carbocycles. The fourth-order valence-electron chi connectivity index (χ4n) is 3.12. The van der Waals surface area contributed by atoms with Crippen LogP contribution in [0.5, 0.6) is 0 Å². The van der Waals surface area contributed by atoms with Crippen LogP contribution in [0.1, 0.15) is 57.1 Å². The van der Waals surface area contributed by atoms with E-state index in [9.17, 15) is 4.39 Å². The lowest BCUT2D eigenvalue weighted by atomic mass is 10.1. The predicted molar refractivity (Wildman–Crippen MR) is 83.2 cm³/mol. The van der Waals surface area contributed by atoms with Crippen molar-refractivity contribution in [1.82, 2.24) is 4.90 Å². The SMILES string of the molecule is CC(C)CCN(Cc1cc(F)cc(C#N)c1)C1CCCC1. The molecule has 3 heteroatoms. The van der Waals surface area contributed by atoms with E-state index in [0.717, 1.165) is 25.1 Å². The maximum atomic E-state index is 13.6. The molecule has 0 amide bonds. The molecule has 0 saturated heterocycles. The first-order valence-corrected chi connectivity index (χ1v) is 8.02. The second-order valence-electron chi connectivity index (χ2n) is 6.55. The summed E-state index contributed by atoms with van der Waals surface area (Å²) in [5.74, 6) is 0.371. The van der Waals surface area contributed by atoms with Gasteiger partial charge in [0.05, 0.1) is 11.6 Å². The fraction of sp³-hybridized carbons (Fsp3) is 0.611. The Balaban J connectivity index is 2.10. The zero-order valence-corrected chi connectivity index (χ0v) is 13.1. The Kier molecular flexibility index (Phi) is 5.76. The highest BCUT2D eigenvalue weighted by Crippen LogP contribution is 2.26. The Morgan fingerprint density at radius 3 is 2.62 bits per heavy atom. The molecule has 0 radical (unpaired) electrons. The van der Waals surface area contributed by atoms with Gasteiger partial charge in [0, 0.05) is 12.6 Å². The quantitative estimate of drug-likeness (QED) is 0.771. The third kappa shape index (κ3) is 4.82. The lowest BCUT2D eigenvalue weighted by Crippen LogP contribution is -2.34. The molecular weight excluding hydrogens is 263 g/mol. The molecule has 0 unspecified atom stereocenters. The summed E-state index contributed by atoms with van der Waals surface area (Å²) in [6.07, 6.45) is 6.26. The van der Waals surface area contributed by atoms with Crippen LogP contribution in [-0.4, -0.2) is 17.5 Å². The molecule has 0 N–H and O–H groups in total. The average Bonchev–Trinajstić information content (AvgIpc) is 2.96. The third-order valence-electron chi connectivity index (χ3n) is 4.31. The van der Waals surface area contributed by atoms with Crippen molar-refractivity contribution in [3.05, 3.63) is 35.1 Å². The third-order valence-corrected chi connectivity index (χ3v) is 4.31. The van der Waals surface area contributed by atoms with Crippen LogP contribution in [0.3, 0.4) is 0 Å². The molecule has 1 saturated carbocycles. The van der Waals surface area contributed by atoms with E-state index >= 15 is 0 Å². The van der Waals surface area contributed by atoms with Crippen molar-refractivity contribution in [1.29, 1.82) is 5.26 Å². The first-order chi connectivity index (χ1) is 10.1. The van der Waals surface area contributed by atoms with Gasteiger partial charge < -0.3 is 0 Å². The highest BCUT2D eigenvalue weighted by Gasteiger charge is 2.22. The summed E-state index contributed by atoms with van der Waals surface area (Å²) in [6.45, 7) is 6.29. The zero-order chi connectivity index (χ0) is 15.2. The molecule has 1 aromatic rings. The van der Waals surface area contributed by atoms with Crippen LogP contribution >= 0.6 is 0 Å². The lowest BCUT2D eigenvalue weighted by Gasteiger charge is -2.29. The van der Waals surface area contributed by atoms with Crippen molar-refractivity contribution < 1.29 is 4.39 Å².